The Labute approximate surface area is 210 Å². The Morgan fingerprint density at radius 3 is 1.28 bits per heavy atom. The molecule has 0 aromatic heterocycles. The zero-order chi connectivity index (χ0) is 28.8. The molecule has 0 aliphatic carbocycles. The minimum absolute atomic E-state index is 0.130. The number of quaternary nitrogens is 1. The van der Waals surface area contributed by atoms with Crippen LogP contribution in [0.15, 0.2) is 0 Å². The van der Waals surface area contributed by atoms with Crippen LogP contribution in [0.5, 0.6) is 0 Å². The summed E-state index contributed by atoms with van der Waals surface area (Å²) in [6.45, 7) is 14.9. The van der Waals surface area contributed by atoms with Crippen molar-refractivity contribution in [2.75, 3.05) is 26.3 Å². The summed E-state index contributed by atoms with van der Waals surface area (Å²) in [5.74, 6) is 0. The van der Waals surface area contributed by atoms with Crippen LogP contribution in [-0.2, 0) is 33.3 Å². The first-order valence-corrected chi connectivity index (χ1v) is 15.9. The molecule has 1 aliphatic rings. The van der Waals surface area contributed by atoms with Gasteiger partial charge >= 0.3 is 19.8 Å². The number of likely N-dealkylation sites (tertiary alicyclic amines) is 1. The molecule has 0 aromatic carbocycles. The molecule has 0 radical (unpaired) electrons. The molecule has 0 bridgehead atoms. The standard InChI is InChI=1S/C16H36NO3Si.C2F6NO4S2/c1-14(2)18-21(19-15(3)4,20-16(5)6)13-17(7)11-9-8-10-12-17;3-1(4,5)14(10,11)9-15(12,13)2(6,7)8/h14-16H,8-13H2,1-7H3;/q+1;-1. The summed E-state index contributed by atoms with van der Waals surface area (Å²) in [5, 5.41) is 0. The summed E-state index contributed by atoms with van der Waals surface area (Å²) in [6.07, 6.45) is 5.23. The second kappa shape index (κ2) is 13.0. The number of hydrogen-bond acceptors (Lipinski definition) is 7. The van der Waals surface area contributed by atoms with E-state index in [0.29, 0.717) is 0 Å². The molecule has 0 aromatic rings. The minimum atomic E-state index is -6.72. The van der Waals surface area contributed by atoms with Crippen molar-refractivity contribution >= 4 is 28.9 Å². The van der Waals surface area contributed by atoms with E-state index in [1.54, 1.807) is 0 Å². The number of alkyl halides is 6. The first-order valence-electron chi connectivity index (χ1n) is 11.1. The molecule has 218 valence electrons. The van der Waals surface area contributed by atoms with Crippen molar-refractivity contribution in [1.82, 2.24) is 0 Å². The Kier molecular flexibility index (Phi) is 12.9. The van der Waals surface area contributed by atoms with Gasteiger partial charge < -0.3 is 21.9 Å². The first kappa shape index (κ1) is 35.5. The Morgan fingerprint density at radius 1 is 0.722 bits per heavy atom. The largest absolute Gasteiger partial charge is 0.559 e. The van der Waals surface area contributed by atoms with Crippen LogP contribution < -0.4 is 0 Å². The molecule has 1 aliphatic heterocycles. The maximum absolute atomic E-state index is 11.4. The van der Waals surface area contributed by atoms with E-state index in [2.05, 4.69) is 48.6 Å². The van der Waals surface area contributed by atoms with Crippen molar-refractivity contribution in [3.63, 3.8) is 0 Å². The van der Waals surface area contributed by atoms with E-state index in [-0.39, 0.29) is 18.3 Å². The Hall–Kier alpha value is -0.503. The van der Waals surface area contributed by atoms with Gasteiger partial charge in [0, 0.05) is 18.3 Å². The van der Waals surface area contributed by atoms with Crippen molar-refractivity contribution in [3.8, 4) is 0 Å². The molecule has 18 heteroatoms. The molecule has 1 rings (SSSR count). The first-order chi connectivity index (χ1) is 15.9. The second-order valence-corrected chi connectivity index (χ2v) is 15.2. The molecule has 0 atom stereocenters. The van der Waals surface area contributed by atoms with E-state index >= 15 is 0 Å². The van der Waals surface area contributed by atoms with Crippen LogP contribution in [0.2, 0.25) is 0 Å². The monoisotopic (exact) mass is 598 g/mol. The van der Waals surface area contributed by atoms with Crippen molar-refractivity contribution in [1.29, 1.82) is 0 Å². The second-order valence-electron chi connectivity index (χ2n) is 9.38. The van der Waals surface area contributed by atoms with Gasteiger partial charge in [0.2, 0.25) is 0 Å². The topological polar surface area (TPSA) is 110 Å². The third-order valence-corrected chi connectivity index (χ3v) is 10.9. The molecule has 9 nitrogen and oxygen atoms in total. The minimum Gasteiger partial charge on any atom is -0.421 e. The predicted molar refractivity (Wildman–Crippen MR) is 122 cm³/mol. The average molecular weight is 599 g/mol. The summed E-state index contributed by atoms with van der Waals surface area (Å²) in [4.78, 5) is 0. The molecule has 1 saturated heterocycles. The lowest BCUT2D eigenvalue weighted by molar-refractivity contribution is -0.906. The Bertz CT molecular complexity index is 820. The van der Waals surface area contributed by atoms with E-state index in [9.17, 15) is 43.2 Å². The molecule has 36 heavy (non-hydrogen) atoms. The summed E-state index contributed by atoms with van der Waals surface area (Å²) < 4.78 is 129. The smallest absolute Gasteiger partial charge is 0.421 e. The van der Waals surface area contributed by atoms with Crippen molar-refractivity contribution in [2.45, 2.75) is 90.1 Å². The van der Waals surface area contributed by atoms with Crippen LogP contribution in [0.3, 0.4) is 0 Å². The fourth-order valence-corrected chi connectivity index (χ4v) is 8.89. The quantitative estimate of drug-likeness (QED) is 0.208. The molecule has 1 heterocycles. The van der Waals surface area contributed by atoms with E-state index < -0.39 is 39.9 Å². The maximum atomic E-state index is 11.4. The average Bonchev–Trinajstić information content (AvgIpc) is 2.57. The van der Waals surface area contributed by atoms with E-state index in [4.69, 9.17) is 13.3 Å². The number of nitrogens with zero attached hydrogens (tertiary/aromatic N) is 2. The van der Waals surface area contributed by atoms with Gasteiger partial charge in [0.15, 0.2) is 20.0 Å². The number of hydrogen-bond donors (Lipinski definition) is 0. The lowest BCUT2D eigenvalue weighted by Crippen LogP contribution is -2.65. The highest BCUT2D eigenvalue weighted by atomic mass is 32.3. The number of piperidine rings is 1. The molecule has 0 spiro atoms. The van der Waals surface area contributed by atoms with Crippen LogP contribution in [0.25, 0.3) is 4.13 Å². The molecule has 1 fully saturated rings. The van der Waals surface area contributed by atoms with Gasteiger partial charge in [0.25, 0.3) is 0 Å². The zero-order valence-electron chi connectivity index (χ0n) is 21.3. The molecule has 0 saturated carbocycles. The number of halogens is 6. The Morgan fingerprint density at radius 2 is 1.03 bits per heavy atom. The predicted octanol–water partition coefficient (Wildman–Crippen LogP) is 4.43. The van der Waals surface area contributed by atoms with E-state index in [0.717, 1.165) is 14.8 Å². The van der Waals surface area contributed by atoms with E-state index in [1.807, 2.05) is 0 Å². The number of sulfonamides is 2. The summed E-state index contributed by atoms with van der Waals surface area (Å²) >= 11 is 0. The van der Waals surface area contributed by atoms with Crippen molar-refractivity contribution < 1.29 is 60.9 Å². The van der Waals surface area contributed by atoms with Crippen LogP contribution in [-0.4, -0.2) is 85.8 Å². The highest BCUT2D eigenvalue weighted by molar-refractivity contribution is 8.13. The molecule has 0 amide bonds. The number of rotatable bonds is 10. The summed E-state index contributed by atoms with van der Waals surface area (Å²) in [6, 6.07) is 0. The highest BCUT2D eigenvalue weighted by Gasteiger charge is 2.52. The van der Waals surface area contributed by atoms with Crippen LogP contribution in [0.4, 0.5) is 26.3 Å². The third-order valence-electron chi connectivity index (χ3n) is 4.50. The van der Waals surface area contributed by atoms with Crippen LogP contribution in [0.1, 0.15) is 60.8 Å². The van der Waals surface area contributed by atoms with Crippen molar-refractivity contribution in [2.24, 2.45) is 0 Å². The van der Waals surface area contributed by atoms with Gasteiger partial charge in [-0.2, -0.15) is 26.3 Å². The molecule has 0 N–H and O–H groups in total. The molecule has 0 unspecified atom stereocenters. The van der Waals surface area contributed by atoms with Gasteiger partial charge in [-0.1, -0.05) is 0 Å². The summed E-state index contributed by atoms with van der Waals surface area (Å²) in [5.41, 5.74) is -12.4. The lowest BCUT2D eigenvalue weighted by atomic mass is 10.1. The van der Waals surface area contributed by atoms with Gasteiger partial charge in [-0.3, -0.25) is 0 Å². The van der Waals surface area contributed by atoms with E-state index in [1.165, 1.54) is 32.4 Å². The lowest BCUT2D eigenvalue weighted by Gasteiger charge is -2.43. The summed E-state index contributed by atoms with van der Waals surface area (Å²) in [7, 11) is -13.8. The molecular weight excluding hydrogens is 562 g/mol. The Balaban J connectivity index is 0.000000723. The highest BCUT2D eigenvalue weighted by Crippen LogP contribution is 2.36. The fourth-order valence-electron chi connectivity index (χ4n) is 3.39. The van der Waals surface area contributed by atoms with Gasteiger partial charge in [0.05, 0.1) is 20.1 Å². The zero-order valence-corrected chi connectivity index (χ0v) is 23.9. The fraction of sp³-hybridized carbons (Fsp3) is 1.00. The third kappa shape index (κ3) is 11.9. The van der Waals surface area contributed by atoms with Crippen LogP contribution >= 0.6 is 0 Å². The van der Waals surface area contributed by atoms with Gasteiger partial charge in [-0.15, -0.1) is 0 Å². The molecular formula is C18H36F6N2O7S2Si. The van der Waals surface area contributed by atoms with Gasteiger partial charge in [-0.25, -0.2) is 16.8 Å². The normalized spacial score (nSPS) is 17.9. The van der Waals surface area contributed by atoms with Gasteiger partial charge in [-0.05, 0) is 60.8 Å². The van der Waals surface area contributed by atoms with Crippen LogP contribution in [0, 0.1) is 0 Å². The SMILES string of the molecule is CC(C)O[Si](C[N+]1(C)CCCCC1)(OC(C)C)OC(C)C.O=S(=O)([N-]S(=O)(=O)C(F)(F)F)C(F)(F)F. The van der Waals surface area contributed by atoms with Gasteiger partial charge in [0.1, 0.15) is 6.17 Å². The maximum Gasteiger partial charge on any atom is 0.559 e. The van der Waals surface area contributed by atoms with Crippen molar-refractivity contribution in [3.05, 3.63) is 4.13 Å².